The van der Waals surface area contributed by atoms with Crippen LogP contribution in [-0.2, 0) is 4.79 Å². The smallest absolute Gasteiger partial charge is 0.327 e. The Kier molecular flexibility index (Phi) is 3.95. The Morgan fingerprint density at radius 3 is 2.19 bits per heavy atom. The van der Waals surface area contributed by atoms with Crippen LogP contribution in [0.4, 0.5) is 4.79 Å². The number of carboxylic acid groups (broad SMARTS) is 1. The third-order valence-electron chi connectivity index (χ3n) is 5.19. The third-order valence-corrected chi connectivity index (χ3v) is 5.19. The van der Waals surface area contributed by atoms with Crippen LogP contribution in [0.1, 0.15) is 28.3 Å². The van der Waals surface area contributed by atoms with E-state index >= 15 is 0 Å². The lowest BCUT2D eigenvalue weighted by molar-refractivity contribution is -0.140. The van der Waals surface area contributed by atoms with E-state index in [4.69, 9.17) is 0 Å². The second kappa shape index (κ2) is 6.29. The molecule has 2 bridgehead atoms. The van der Waals surface area contributed by atoms with Crippen LogP contribution in [0.2, 0.25) is 0 Å². The van der Waals surface area contributed by atoms with Crippen LogP contribution in [0.25, 0.3) is 0 Å². The van der Waals surface area contributed by atoms with Crippen LogP contribution >= 0.6 is 0 Å². The lowest BCUT2D eigenvalue weighted by Crippen LogP contribution is -2.50. The summed E-state index contributed by atoms with van der Waals surface area (Å²) in [6.07, 6.45) is 0.468. The number of aliphatic carboxylic acids is 1. The zero-order valence-electron chi connectivity index (χ0n) is 14.0. The summed E-state index contributed by atoms with van der Waals surface area (Å²) in [7, 11) is 0. The van der Waals surface area contributed by atoms with Gasteiger partial charge in [0.15, 0.2) is 0 Å². The number of imide groups is 1. The molecule has 1 N–H and O–H groups in total. The summed E-state index contributed by atoms with van der Waals surface area (Å²) in [5.74, 6) is -2.07. The number of fused-ring (bicyclic) bond motifs is 2. The average molecular weight is 350 g/mol. The van der Waals surface area contributed by atoms with Gasteiger partial charge in [0.05, 0.1) is 12.1 Å². The quantitative estimate of drug-likeness (QED) is 0.919. The van der Waals surface area contributed by atoms with Gasteiger partial charge in [-0.15, -0.1) is 0 Å². The van der Waals surface area contributed by atoms with Crippen molar-refractivity contribution >= 4 is 17.9 Å². The van der Waals surface area contributed by atoms with E-state index in [0.717, 1.165) is 0 Å². The van der Waals surface area contributed by atoms with Gasteiger partial charge in [-0.3, -0.25) is 14.5 Å². The lowest BCUT2D eigenvalue weighted by Gasteiger charge is -2.34. The first kappa shape index (κ1) is 16.3. The highest BCUT2D eigenvalue weighted by molar-refractivity contribution is 6.06. The highest BCUT2D eigenvalue weighted by atomic mass is 16.4. The molecule has 0 spiro atoms. The van der Waals surface area contributed by atoms with Gasteiger partial charge in [0, 0.05) is 12.1 Å². The second-order valence-electron chi connectivity index (χ2n) is 6.66. The van der Waals surface area contributed by atoms with Crippen molar-refractivity contribution in [3.8, 4) is 0 Å². The van der Waals surface area contributed by atoms with Gasteiger partial charge in [0.1, 0.15) is 5.92 Å². The fourth-order valence-corrected chi connectivity index (χ4v) is 4.02. The molecule has 3 amide bonds. The van der Waals surface area contributed by atoms with Gasteiger partial charge >= 0.3 is 12.0 Å². The van der Waals surface area contributed by atoms with Crippen molar-refractivity contribution in [1.82, 2.24) is 9.80 Å². The molecule has 3 atom stereocenters. The summed E-state index contributed by atoms with van der Waals surface area (Å²) in [5, 5.41) is 9.74. The maximum atomic E-state index is 12.8. The fourth-order valence-electron chi connectivity index (χ4n) is 4.02. The molecule has 0 saturated carbocycles. The van der Waals surface area contributed by atoms with E-state index in [1.165, 1.54) is 9.80 Å². The van der Waals surface area contributed by atoms with Crippen molar-refractivity contribution in [1.29, 1.82) is 0 Å². The Morgan fingerprint density at radius 1 is 1.00 bits per heavy atom. The maximum absolute atomic E-state index is 12.8. The molecular formula is C20H18N2O4. The van der Waals surface area contributed by atoms with Crippen LogP contribution in [-0.4, -0.2) is 51.4 Å². The summed E-state index contributed by atoms with van der Waals surface area (Å²) in [6.45, 7) is 0.388. The highest BCUT2D eigenvalue weighted by Crippen LogP contribution is 2.39. The number of benzene rings is 2. The average Bonchev–Trinajstić information content (AvgIpc) is 3.20. The minimum absolute atomic E-state index is 0.286. The minimum Gasteiger partial charge on any atom is -0.481 e. The summed E-state index contributed by atoms with van der Waals surface area (Å²) < 4.78 is 0. The number of hydrogen-bond donors (Lipinski definition) is 1. The van der Waals surface area contributed by atoms with Crippen molar-refractivity contribution in [2.75, 3.05) is 6.54 Å². The Hall–Kier alpha value is -3.15. The molecular weight excluding hydrogens is 332 g/mol. The van der Waals surface area contributed by atoms with Gasteiger partial charge in [-0.05, 0) is 24.1 Å². The standard InChI is InChI=1S/C20H18N2O4/c23-18(14-9-5-2-6-10-14)22-15-11-16(21(12-15)20(22)26)17(19(24)25)13-7-3-1-4-8-13/h1-10,15-17H,11-12H2,(H,24,25)/t15-,16?,17?/m0/s1. The minimum atomic E-state index is -0.956. The van der Waals surface area contributed by atoms with Crippen LogP contribution in [0.15, 0.2) is 60.7 Å². The molecule has 2 unspecified atom stereocenters. The van der Waals surface area contributed by atoms with Crippen LogP contribution in [0, 0.1) is 0 Å². The molecule has 2 aromatic carbocycles. The molecule has 132 valence electrons. The van der Waals surface area contributed by atoms with Crippen LogP contribution < -0.4 is 0 Å². The van der Waals surface area contributed by atoms with Gasteiger partial charge in [-0.1, -0.05) is 48.5 Å². The zero-order chi connectivity index (χ0) is 18.3. The van der Waals surface area contributed by atoms with Gasteiger partial charge in [-0.25, -0.2) is 4.79 Å². The fraction of sp³-hybridized carbons (Fsp3) is 0.250. The number of nitrogens with zero attached hydrogens (tertiary/aromatic N) is 2. The number of urea groups is 1. The largest absolute Gasteiger partial charge is 0.481 e. The first-order chi connectivity index (χ1) is 12.6. The van der Waals surface area contributed by atoms with E-state index in [1.807, 2.05) is 12.1 Å². The SMILES string of the molecule is O=C(O)C(c1ccccc1)C1C[C@H]2CN1C(=O)N2C(=O)c1ccccc1. The molecule has 4 rings (SSSR count). The molecule has 2 aliphatic heterocycles. The molecule has 0 aromatic heterocycles. The van der Waals surface area contributed by atoms with E-state index in [9.17, 15) is 19.5 Å². The van der Waals surface area contributed by atoms with Crippen molar-refractivity contribution in [3.63, 3.8) is 0 Å². The predicted octanol–water partition coefficient (Wildman–Crippen LogP) is 2.57. The number of amides is 3. The molecule has 6 nitrogen and oxygen atoms in total. The highest BCUT2D eigenvalue weighted by Gasteiger charge is 2.54. The van der Waals surface area contributed by atoms with Crippen molar-refractivity contribution < 1.29 is 19.5 Å². The molecule has 0 radical (unpaired) electrons. The summed E-state index contributed by atoms with van der Waals surface area (Å²) in [5.41, 5.74) is 1.13. The molecule has 2 heterocycles. The number of carboxylic acids is 1. The molecule has 26 heavy (non-hydrogen) atoms. The van der Waals surface area contributed by atoms with E-state index in [1.54, 1.807) is 48.5 Å². The summed E-state index contributed by atoms with van der Waals surface area (Å²) >= 11 is 0. The zero-order valence-corrected chi connectivity index (χ0v) is 14.0. The molecule has 2 fully saturated rings. The molecule has 2 saturated heterocycles. The second-order valence-corrected chi connectivity index (χ2v) is 6.66. The Labute approximate surface area is 150 Å². The van der Waals surface area contributed by atoms with E-state index in [2.05, 4.69) is 0 Å². The van der Waals surface area contributed by atoms with Crippen molar-refractivity contribution in [2.24, 2.45) is 0 Å². The van der Waals surface area contributed by atoms with E-state index in [-0.39, 0.29) is 11.9 Å². The maximum Gasteiger partial charge on any atom is 0.327 e. The van der Waals surface area contributed by atoms with E-state index < -0.39 is 24.0 Å². The number of carbonyl (C=O) groups is 3. The summed E-state index contributed by atoms with van der Waals surface area (Å²) in [6, 6.07) is 16.5. The van der Waals surface area contributed by atoms with Crippen molar-refractivity contribution in [2.45, 2.75) is 24.4 Å². The topological polar surface area (TPSA) is 77.9 Å². The van der Waals surface area contributed by atoms with Crippen LogP contribution in [0.3, 0.4) is 0 Å². The first-order valence-electron chi connectivity index (χ1n) is 8.55. The third kappa shape index (κ3) is 2.54. The Balaban J connectivity index is 1.59. The molecule has 6 heteroatoms. The van der Waals surface area contributed by atoms with Crippen LogP contribution in [0.5, 0.6) is 0 Å². The Morgan fingerprint density at radius 2 is 1.62 bits per heavy atom. The van der Waals surface area contributed by atoms with Gasteiger partial charge < -0.3 is 10.0 Å². The molecule has 0 aliphatic carbocycles. The monoisotopic (exact) mass is 350 g/mol. The van der Waals surface area contributed by atoms with E-state index in [0.29, 0.717) is 24.1 Å². The lowest BCUT2D eigenvalue weighted by atomic mass is 9.88. The molecule has 2 aromatic rings. The molecule has 2 aliphatic rings. The normalized spacial score (nSPS) is 22.5. The first-order valence-corrected chi connectivity index (χ1v) is 8.55. The number of rotatable bonds is 4. The number of carbonyl (C=O) groups excluding carboxylic acids is 2. The summed E-state index contributed by atoms with van der Waals surface area (Å²) in [4.78, 5) is 40.2. The van der Waals surface area contributed by atoms with Gasteiger partial charge in [-0.2, -0.15) is 0 Å². The number of hydrogen-bond acceptors (Lipinski definition) is 3. The van der Waals surface area contributed by atoms with Gasteiger partial charge in [0.2, 0.25) is 0 Å². The van der Waals surface area contributed by atoms with Gasteiger partial charge in [0.25, 0.3) is 5.91 Å². The predicted molar refractivity (Wildman–Crippen MR) is 93.7 cm³/mol. The van der Waals surface area contributed by atoms with Crippen molar-refractivity contribution in [3.05, 3.63) is 71.8 Å². The Bertz CT molecular complexity index is 853.